The van der Waals surface area contributed by atoms with Crippen LogP contribution in [0.25, 0.3) is 11.4 Å². The van der Waals surface area contributed by atoms with E-state index in [2.05, 4.69) is 49.7 Å². The Morgan fingerprint density at radius 2 is 1.91 bits per heavy atom. The molecule has 0 atom stereocenters. The van der Waals surface area contributed by atoms with Gasteiger partial charge in [-0.3, -0.25) is 4.90 Å². The molecular formula is C26H24N6O3. The highest BCUT2D eigenvalue weighted by atomic mass is 16.7. The van der Waals surface area contributed by atoms with Gasteiger partial charge in [-0.1, -0.05) is 42.5 Å². The van der Waals surface area contributed by atoms with Gasteiger partial charge in [-0.25, -0.2) is 4.98 Å². The van der Waals surface area contributed by atoms with Gasteiger partial charge in [0.05, 0.1) is 18.7 Å². The number of hydrogen-bond acceptors (Lipinski definition) is 8. The predicted molar refractivity (Wildman–Crippen MR) is 130 cm³/mol. The van der Waals surface area contributed by atoms with Crippen molar-refractivity contribution in [2.24, 2.45) is 0 Å². The Morgan fingerprint density at radius 1 is 0.971 bits per heavy atom. The fourth-order valence-corrected chi connectivity index (χ4v) is 4.17. The summed E-state index contributed by atoms with van der Waals surface area (Å²) < 4.78 is 16.5. The number of aromatic amines is 1. The summed E-state index contributed by atoms with van der Waals surface area (Å²) in [6.07, 6.45) is 4.29. The van der Waals surface area contributed by atoms with Crippen molar-refractivity contribution in [3.05, 3.63) is 95.7 Å². The number of nitrogens with one attached hydrogen (secondary N) is 2. The minimum atomic E-state index is 0.174. The van der Waals surface area contributed by atoms with Crippen LogP contribution in [0.15, 0.2) is 79.0 Å². The number of aromatic nitrogens is 4. The number of pyridine rings is 1. The van der Waals surface area contributed by atoms with E-state index in [4.69, 9.17) is 14.2 Å². The van der Waals surface area contributed by atoms with Gasteiger partial charge in [0.1, 0.15) is 17.8 Å². The molecule has 2 aliphatic rings. The Balaban J connectivity index is 1.24. The van der Waals surface area contributed by atoms with Gasteiger partial charge in [0.2, 0.25) is 18.6 Å². The standard InChI is InChI=1S/C26H24N6O3/c1-2-5-18(6-3-1)15-32(23-16-33-17-35-23)26-29-25(30-31-26)21-7-4-11-27-24(21)28-14-19-8-9-22-20(13-19)10-12-34-22/h1-9,11,13,16H,10,12,14-15,17H2,(H,27,28)(H,29,30,31). The topological polar surface area (TPSA) is 97.4 Å². The third kappa shape index (κ3) is 4.48. The lowest BCUT2D eigenvalue weighted by Gasteiger charge is -2.20. The molecule has 0 saturated carbocycles. The Hall–Kier alpha value is -4.53. The fraction of sp³-hybridized carbons (Fsp3) is 0.192. The molecule has 4 aromatic rings. The molecule has 2 aliphatic heterocycles. The van der Waals surface area contributed by atoms with E-state index in [9.17, 15) is 0 Å². The fourth-order valence-electron chi connectivity index (χ4n) is 4.17. The maximum atomic E-state index is 5.64. The van der Waals surface area contributed by atoms with Crippen LogP contribution in [0.5, 0.6) is 5.75 Å². The highest BCUT2D eigenvalue weighted by molar-refractivity contribution is 5.70. The van der Waals surface area contributed by atoms with Crippen molar-refractivity contribution < 1.29 is 14.2 Å². The van der Waals surface area contributed by atoms with E-state index in [1.54, 1.807) is 12.5 Å². The molecule has 2 N–H and O–H groups in total. The van der Waals surface area contributed by atoms with Crippen molar-refractivity contribution in [1.29, 1.82) is 0 Å². The average molecular weight is 469 g/mol. The van der Waals surface area contributed by atoms with Gasteiger partial charge in [0, 0.05) is 19.2 Å². The smallest absolute Gasteiger partial charge is 0.235 e. The second-order valence-corrected chi connectivity index (χ2v) is 8.25. The van der Waals surface area contributed by atoms with Crippen molar-refractivity contribution >= 4 is 11.8 Å². The molecule has 35 heavy (non-hydrogen) atoms. The molecular weight excluding hydrogens is 444 g/mol. The molecule has 2 aromatic heterocycles. The first kappa shape index (κ1) is 21.0. The molecule has 4 heterocycles. The van der Waals surface area contributed by atoms with Crippen molar-refractivity contribution in [2.75, 3.05) is 23.6 Å². The van der Waals surface area contributed by atoms with Gasteiger partial charge in [-0.2, -0.15) is 0 Å². The molecule has 0 saturated heterocycles. The number of anilines is 2. The summed E-state index contributed by atoms with van der Waals surface area (Å²) in [5, 5.41) is 12.3. The summed E-state index contributed by atoms with van der Waals surface area (Å²) in [5.74, 6) is 3.43. The summed E-state index contributed by atoms with van der Waals surface area (Å²) in [7, 11) is 0. The Kier molecular flexibility index (Phi) is 5.64. The zero-order chi connectivity index (χ0) is 23.5. The molecule has 0 amide bonds. The second kappa shape index (κ2) is 9.38. The molecule has 176 valence electrons. The normalized spacial score (nSPS) is 13.9. The second-order valence-electron chi connectivity index (χ2n) is 8.25. The van der Waals surface area contributed by atoms with Gasteiger partial charge < -0.3 is 24.5 Å². The Morgan fingerprint density at radius 3 is 2.80 bits per heavy atom. The largest absolute Gasteiger partial charge is 0.493 e. The van der Waals surface area contributed by atoms with Crippen LogP contribution < -0.4 is 15.0 Å². The van der Waals surface area contributed by atoms with Crippen LogP contribution in [0, 0.1) is 0 Å². The molecule has 9 heteroatoms. The zero-order valence-corrected chi connectivity index (χ0v) is 19.0. The van der Waals surface area contributed by atoms with E-state index in [1.807, 2.05) is 41.3 Å². The van der Waals surface area contributed by atoms with Crippen LogP contribution in [0.4, 0.5) is 11.8 Å². The van der Waals surface area contributed by atoms with Gasteiger partial charge >= 0.3 is 0 Å². The van der Waals surface area contributed by atoms with E-state index in [0.717, 1.165) is 35.7 Å². The van der Waals surface area contributed by atoms with Gasteiger partial charge in [0.15, 0.2) is 5.82 Å². The zero-order valence-electron chi connectivity index (χ0n) is 19.0. The third-order valence-corrected chi connectivity index (χ3v) is 5.92. The molecule has 0 fully saturated rings. The van der Waals surface area contributed by atoms with Gasteiger partial charge in [-0.05, 0) is 34.9 Å². The van der Waals surface area contributed by atoms with Crippen molar-refractivity contribution in [3.8, 4) is 17.1 Å². The van der Waals surface area contributed by atoms with E-state index in [1.165, 1.54) is 11.1 Å². The Bertz CT molecular complexity index is 1350. The van der Waals surface area contributed by atoms with Crippen LogP contribution in [-0.2, 0) is 29.0 Å². The number of ether oxygens (including phenoxy) is 3. The van der Waals surface area contributed by atoms with Crippen LogP contribution in [0.1, 0.15) is 16.7 Å². The lowest BCUT2D eigenvalue weighted by atomic mass is 10.1. The van der Waals surface area contributed by atoms with Gasteiger partial charge in [-0.15, -0.1) is 10.2 Å². The van der Waals surface area contributed by atoms with Crippen molar-refractivity contribution in [1.82, 2.24) is 20.2 Å². The minimum Gasteiger partial charge on any atom is -0.493 e. The third-order valence-electron chi connectivity index (χ3n) is 5.92. The lowest BCUT2D eigenvalue weighted by Crippen LogP contribution is -2.23. The van der Waals surface area contributed by atoms with Gasteiger partial charge in [0.25, 0.3) is 0 Å². The molecule has 2 aromatic carbocycles. The monoisotopic (exact) mass is 468 g/mol. The highest BCUT2D eigenvalue weighted by Gasteiger charge is 2.23. The first-order valence-corrected chi connectivity index (χ1v) is 11.5. The maximum absolute atomic E-state index is 5.64. The minimum absolute atomic E-state index is 0.174. The van der Waals surface area contributed by atoms with Crippen LogP contribution in [-0.4, -0.2) is 33.6 Å². The number of nitrogens with zero attached hydrogens (tertiary/aromatic N) is 4. The predicted octanol–water partition coefficient (Wildman–Crippen LogP) is 4.22. The SMILES string of the molecule is C1=C(N(Cc2ccccc2)c2nnc(-c3cccnc3NCc3ccc4c(c3)CCO4)[nH]2)OCO1. The molecule has 0 spiro atoms. The summed E-state index contributed by atoms with van der Waals surface area (Å²) in [4.78, 5) is 9.78. The summed E-state index contributed by atoms with van der Waals surface area (Å²) >= 11 is 0. The first-order chi connectivity index (χ1) is 17.3. The van der Waals surface area contributed by atoms with E-state index < -0.39 is 0 Å². The van der Waals surface area contributed by atoms with E-state index in [0.29, 0.717) is 30.7 Å². The number of hydrogen-bond donors (Lipinski definition) is 2. The van der Waals surface area contributed by atoms with Crippen molar-refractivity contribution in [2.45, 2.75) is 19.5 Å². The van der Waals surface area contributed by atoms with E-state index >= 15 is 0 Å². The van der Waals surface area contributed by atoms with Crippen LogP contribution in [0.2, 0.25) is 0 Å². The number of H-pyrrole nitrogens is 1. The summed E-state index contributed by atoms with van der Waals surface area (Å²) in [6, 6.07) is 20.2. The average Bonchev–Trinajstić information content (AvgIpc) is 3.69. The molecule has 0 bridgehead atoms. The lowest BCUT2D eigenvalue weighted by molar-refractivity contribution is 0.0780. The van der Waals surface area contributed by atoms with Crippen molar-refractivity contribution in [3.63, 3.8) is 0 Å². The summed E-state index contributed by atoms with van der Waals surface area (Å²) in [5.41, 5.74) is 4.35. The number of rotatable bonds is 8. The number of benzene rings is 2. The highest BCUT2D eigenvalue weighted by Crippen LogP contribution is 2.29. The molecule has 6 rings (SSSR count). The van der Waals surface area contributed by atoms with E-state index in [-0.39, 0.29) is 6.79 Å². The first-order valence-electron chi connectivity index (χ1n) is 11.5. The summed E-state index contributed by atoms with van der Waals surface area (Å²) in [6.45, 7) is 2.11. The molecule has 0 aliphatic carbocycles. The molecule has 0 radical (unpaired) electrons. The molecule has 9 nitrogen and oxygen atoms in total. The quantitative estimate of drug-likeness (QED) is 0.397. The number of fused-ring (bicyclic) bond motifs is 1. The Labute approximate surface area is 202 Å². The van der Waals surface area contributed by atoms with Crippen LogP contribution >= 0.6 is 0 Å². The van der Waals surface area contributed by atoms with Crippen LogP contribution in [0.3, 0.4) is 0 Å². The maximum Gasteiger partial charge on any atom is 0.235 e. The molecule has 0 unspecified atom stereocenters.